The second kappa shape index (κ2) is 11.1. The van der Waals surface area contributed by atoms with Gasteiger partial charge in [0, 0.05) is 6.42 Å². The molecular weight excluding hydrogens is 404 g/mol. The zero-order valence-electron chi connectivity index (χ0n) is 19.7. The van der Waals surface area contributed by atoms with E-state index in [1.165, 1.54) is 5.56 Å². The van der Waals surface area contributed by atoms with E-state index in [0.29, 0.717) is 0 Å². The monoisotopic (exact) mass is 440 g/mol. The average molecular weight is 441 g/mol. The molecule has 174 valence electrons. The quantitative estimate of drug-likeness (QED) is 0.464. The van der Waals surface area contributed by atoms with Crippen LogP contribution >= 0.6 is 0 Å². The second-order valence-corrected chi connectivity index (χ2v) is 9.44. The minimum Gasteiger partial charge on any atom is -0.347 e. The van der Waals surface area contributed by atoms with Crippen molar-refractivity contribution in [3.63, 3.8) is 0 Å². The molecule has 3 amide bonds. The number of fused-ring (bicyclic) bond motifs is 1. The van der Waals surface area contributed by atoms with Crippen LogP contribution in [0.4, 0.5) is 0 Å². The maximum absolute atomic E-state index is 13.1. The molecule has 4 atom stereocenters. The number of amides is 3. The Morgan fingerprint density at radius 3 is 2.44 bits per heavy atom. The molecule has 7 nitrogen and oxygen atoms in total. The summed E-state index contributed by atoms with van der Waals surface area (Å²) >= 11 is 0. The van der Waals surface area contributed by atoms with Crippen molar-refractivity contribution >= 4 is 17.7 Å². The summed E-state index contributed by atoms with van der Waals surface area (Å²) in [5.41, 5.74) is 1.78. The van der Waals surface area contributed by atoms with Gasteiger partial charge in [-0.05, 0) is 49.8 Å². The normalized spacial score (nSPS) is 18.3. The summed E-state index contributed by atoms with van der Waals surface area (Å²) in [6.07, 6.45) is 8.36. The van der Waals surface area contributed by atoms with E-state index in [1.54, 1.807) is 14.0 Å². The molecule has 7 heteroatoms. The number of hydrogen-bond donors (Lipinski definition) is 4. The van der Waals surface area contributed by atoms with Gasteiger partial charge in [0.25, 0.3) is 0 Å². The first-order valence-electron chi connectivity index (χ1n) is 11.2. The fourth-order valence-corrected chi connectivity index (χ4v) is 3.83. The molecule has 32 heavy (non-hydrogen) atoms. The molecule has 0 aliphatic heterocycles. The number of aryl methyl sites for hydroxylation is 1. The lowest BCUT2D eigenvalue weighted by atomic mass is 9.85. The molecule has 0 aromatic heterocycles. The lowest BCUT2D eigenvalue weighted by Gasteiger charge is -2.33. The standard InChI is InChI=1S/C25H36N4O3/c1-7-11-20(23(31)27-19-15-10-13-17-12-8-9-14-18(17)19)28-24(32)21(25(3,4)5)29-22(30)16(2)26-6/h1,8-9,12,14,16,19-21,26H,10-11,13,15H2,2-6H3,(H,27,31)(H,28,32)(H,29,30)/t16-,19+,20-,21+/m0/s1. The van der Waals surface area contributed by atoms with Gasteiger partial charge in [0.05, 0.1) is 12.1 Å². The Hall–Kier alpha value is -2.85. The largest absolute Gasteiger partial charge is 0.347 e. The van der Waals surface area contributed by atoms with E-state index < -0.39 is 29.4 Å². The van der Waals surface area contributed by atoms with Gasteiger partial charge in [0.15, 0.2) is 0 Å². The first-order chi connectivity index (χ1) is 15.1. The molecule has 2 rings (SSSR count). The molecule has 0 fully saturated rings. The zero-order valence-corrected chi connectivity index (χ0v) is 19.7. The summed E-state index contributed by atoms with van der Waals surface area (Å²) in [6.45, 7) is 7.29. The maximum atomic E-state index is 13.1. The van der Waals surface area contributed by atoms with Crippen molar-refractivity contribution < 1.29 is 14.4 Å². The smallest absolute Gasteiger partial charge is 0.244 e. The Bertz CT molecular complexity index is 869. The van der Waals surface area contributed by atoms with Crippen LogP contribution in [-0.2, 0) is 20.8 Å². The SMILES string of the molecule is C#CC[C@H](NC(=O)[C@@H](NC(=O)[C@H](C)NC)C(C)(C)C)C(=O)N[C@@H]1CCCc2ccccc21. The van der Waals surface area contributed by atoms with Crippen molar-refractivity contribution in [2.24, 2.45) is 5.41 Å². The summed E-state index contributed by atoms with van der Waals surface area (Å²) in [5, 5.41) is 11.5. The third-order valence-corrected chi connectivity index (χ3v) is 5.88. The van der Waals surface area contributed by atoms with E-state index in [-0.39, 0.29) is 24.3 Å². The molecule has 1 aromatic carbocycles. The molecule has 1 aliphatic carbocycles. The van der Waals surface area contributed by atoms with E-state index in [9.17, 15) is 14.4 Å². The second-order valence-electron chi connectivity index (χ2n) is 9.44. The van der Waals surface area contributed by atoms with Gasteiger partial charge in [-0.1, -0.05) is 45.0 Å². The van der Waals surface area contributed by atoms with Crippen LogP contribution in [0.5, 0.6) is 0 Å². The molecule has 0 bridgehead atoms. The molecule has 0 spiro atoms. The number of carbonyl (C=O) groups excluding carboxylic acids is 3. The minimum atomic E-state index is -0.884. The highest BCUT2D eigenvalue weighted by molar-refractivity contribution is 5.93. The molecule has 0 unspecified atom stereocenters. The fraction of sp³-hybridized carbons (Fsp3) is 0.560. The molecule has 0 saturated carbocycles. The third-order valence-electron chi connectivity index (χ3n) is 5.88. The minimum absolute atomic E-state index is 0.0592. The number of rotatable bonds is 8. The number of hydrogen-bond acceptors (Lipinski definition) is 4. The van der Waals surface area contributed by atoms with Gasteiger partial charge in [-0.25, -0.2) is 0 Å². The van der Waals surface area contributed by atoms with Crippen LogP contribution in [0.2, 0.25) is 0 Å². The summed E-state index contributed by atoms with van der Waals surface area (Å²) < 4.78 is 0. The highest BCUT2D eigenvalue weighted by Crippen LogP contribution is 2.29. The van der Waals surface area contributed by atoms with Gasteiger partial charge in [0.2, 0.25) is 17.7 Å². The zero-order chi connectivity index (χ0) is 23.9. The first kappa shape index (κ1) is 25.4. The molecule has 0 heterocycles. The summed E-state index contributed by atoms with van der Waals surface area (Å²) in [7, 11) is 1.67. The predicted octanol–water partition coefficient (Wildman–Crippen LogP) is 1.83. The van der Waals surface area contributed by atoms with Gasteiger partial charge < -0.3 is 21.3 Å². The lowest BCUT2D eigenvalue weighted by Crippen LogP contribution is -2.59. The van der Waals surface area contributed by atoms with E-state index in [1.807, 2.05) is 39.0 Å². The van der Waals surface area contributed by atoms with Crippen LogP contribution in [0, 0.1) is 17.8 Å². The number of nitrogens with one attached hydrogen (secondary N) is 4. The highest BCUT2D eigenvalue weighted by Gasteiger charge is 2.36. The van der Waals surface area contributed by atoms with E-state index in [0.717, 1.165) is 24.8 Å². The topological polar surface area (TPSA) is 99.3 Å². The lowest BCUT2D eigenvalue weighted by molar-refractivity contribution is -0.134. The highest BCUT2D eigenvalue weighted by atomic mass is 16.2. The van der Waals surface area contributed by atoms with Crippen LogP contribution < -0.4 is 21.3 Å². The van der Waals surface area contributed by atoms with Crippen LogP contribution in [0.1, 0.15) is 64.1 Å². The Morgan fingerprint density at radius 2 is 1.81 bits per heavy atom. The third kappa shape index (κ3) is 6.57. The van der Waals surface area contributed by atoms with Crippen LogP contribution in [0.25, 0.3) is 0 Å². The Morgan fingerprint density at radius 1 is 1.12 bits per heavy atom. The van der Waals surface area contributed by atoms with E-state index in [4.69, 9.17) is 6.42 Å². The number of carbonyl (C=O) groups is 3. The Balaban J connectivity index is 2.13. The fourth-order valence-electron chi connectivity index (χ4n) is 3.83. The number of likely N-dealkylation sites (N-methyl/N-ethyl adjacent to an activating group) is 1. The Kier molecular flexibility index (Phi) is 8.85. The van der Waals surface area contributed by atoms with Crippen LogP contribution in [0.15, 0.2) is 24.3 Å². The molecule has 0 saturated heterocycles. The number of terminal acetylenes is 1. The number of benzene rings is 1. The maximum Gasteiger partial charge on any atom is 0.244 e. The van der Waals surface area contributed by atoms with E-state index in [2.05, 4.69) is 33.3 Å². The van der Waals surface area contributed by atoms with Gasteiger partial charge in [-0.3, -0.25) is 14.4 Å². The van der Waals surface area contributed by atoms with Crippen molar-refractivity contribution in [1.82, 2.24) is 21.3 Å². The van der Waals surface area contributed by atoms with Gasteiger partial charge in [-0.15, -0.1) is 12.3 Å². The Labute approximate surface area is 191 Å². The molecule has 0 radical (unpaired) electrons. The van der Waals surface area contributed by atoms with Crippen molar-refractivity contribution in [1.29, 1.82) is 0 Å². The van der Waals surface area contributed by atoms with Crippen molar-refractivity contribution in [2.45, 2.75) is 77.5 Å². The van der Waals surface area contributed by atoms with Gasteiger partial charge in [-0.2, -0.15) is 0 Å². The van der Waals surface area contributed by atoms with Crippen molar-refractivity contribution in [3.05, 3.63) is 35.4 Å². The molecule has 4 N–H and O–H groups in total. The molecular formula is C25H36N4O3. The molecule has 1 aromatic rings. The van der Waals surface area contributed by atoms with Gasteiger partial charge in [0.1, 0.15) is 12.1 Å². The predicted molar refractivity (Wildman–Crippen MR) is 126 cm³/mol. The summed E-state index contributed by atoms with van der Waals surface area (Å²) in [5.74, 6) is 1.44. The summed E-state index contributed by atoms with van der Waals surface area (Å²) in [4.78, 5) is 38.6. The first-order valence-corrected chi connectivity index (χ1v) is 11.2. The van der Waals surface area contributed by atoms with Crippen molar-refractivity contribution in [3.8, 4) is 12.3 Å². The van der Waals surface area contributed by atoms with E-state index >= 15 is 0 Å². The molecule has 1 aliphatic rings. The van der Waals surface area contributed by atoms with Gasteiger partial charge >= 0.3 is 0 Å². The van der Waals surface area contributed by atoms with Crippen LogP contribution in [-0.4, -0.2) is 42.9 Å². The van der Waals surface area contributed by atoms with Crippen molar-refractivity contribution in [2.75, 3.05) is 7.05 Å². The van der Waals surface area contributed by atoms with Crippen LogP contribution in [0.3, 0.4) is 0 Å². The average Bonchev–Trinajstić information content (AvgIpc) is 2.75. The summed E-state index contributed by atoms with van der Waals surface area (Å²) in [6, 6.07) is 5.80.